The normalized spacial score (nSPS) is 18.0. The number of hydrogen-bond acceptors (Lipinski definition) is 3. The van der Waals surface area contributed by atoms with Gasteiger partial charge < -0.3 is 15.4 Å². The number of aliphatic imine (C=N–C) groups is 1. The summed E-state index contributed by atoms with van der Waals surface area (Å²) in [5.74, 6) is 0.344. The van der Waals surface area contributed by atoms with E-state index in [9.17, 15) is 4.39 Å². The largest absolute Gasteiger partial charge is 0.379 e. The summed E-state index contributed by atoms with van der Waals surface area (Å²) < 4.78 is 18.6. The van der Waals surface area contributed by atoms with Crippen molar-refractivity contribution >= 4 is 5.96 Å². The molecule has 2 rings (SSSR count). The molecule has 5 nitrogen and oxygen atoms in total. The maximum Gasteiger partial charge on any atom is 0.191 e. The third-order valence-corrected chi connectivity index (χ3v) is 4.25. The van der Waals surface area contributed by atoms with Gasteiger partial charge in [0.1, 0.15) is 5.82 Å². The predicted octanol–water partition coefficient (Wildman–Crippen LogP) is 1.86. The molecule has 0 bridgehead atoms. The Balaban J connectivity index is 2.16. The predicted molar refractivity (Wildman–Crippen MR) is 90.9 cm³/mol. The van der Waals surface area contributed by atoms with Crippen LogP contribution in [0.2, 0.25) is 0 Å². The molecule has 1 aliphatic heterocycles. The van der Waals surface area contributed by atoms with Crippen molar-refractivity contribution in [2.45, 2.75) is 19.9 Å². The van der Waals surface area contributed by atoms with Gasteiger partial charge in [0, 0.05) is 26.2 Å². The molecular formula is C17H27FN4O. The van der Waals surface area contributed by atoms with E-state index >= 15 is 0 Å². The minimum Gasteiger partial charge on any atom is -0.379 e. The van der Waals surface area contributed by atoms with Crippen molar-refractivity contribution in [3.8, 4) is 0 Å². The minimum absolute atomic E-state index is 0.0913. The zero-order valence-corrected chi connectivity index (χ0v) is 14.0. The van der Waals surface area contributed by atoms with E-state index in [0.29, 0.717) is 25.7 Å². The highest BCUT2D eigenvalue weighted by atomic mass is 19.1. The molecule has 1 aliphatic rings. The highest BCUT2D eigenvalue weighted by Crippen LogP contribution is 2.22. The highest BCUT2D eigenvalue weighted by molar-refractivity contribution is 5.78. The first kappa shape index (κ1) is 17.7. The zero-order valence-electron chi connectivity index (χ0n) is 14.0. The summed E-state index contributed by atoms with van der Waals surface area (Å²) in [5.41, 5.74) is 7.15. The summed E-state index contributed by atoms with van der Waals surface area (Å²) in [5, 5.41) is 0. The fourth-order valence-electron chi connectivity index (χ4n) is 2.83. The molecule has 0 spiro atoms. The molecule has 0 radical (unpaired) electrons. The van der Waals surface area contributed by atoms with Crippen molar-refractivity contribution in [1.29, 1.82) is 0 Å². The van der Waals surface area contributed by atoms with Gasteiger partial charge >= 0.3 is 0 Å². The second-order valence-corrected chi connectivity index (χ2v) is 5.59. The molecule has 6 heteroatoms. The number of ether oxygens (including phenoxy) is 1. The van der Waals surface area contributed by atoms with E-state index in [1.54, 1.807) is 0 Å². The van der Waals surface area contributed by atoms with Crippen LogP contribution in [0.5, 0.6) is 0 Å². The van der Waals surface area contributed by atoms with Crippen molar-refractivity contribution in [2.75, 3.05) is 45.9 Å². The van der Waals surface area contributed by atoms with E-state index in [4.69, 9.17) is 10.5 Å². The second-order valence-electron chi connectivity index (χ2n) is 5.59. The smallest absolute Gasteiger partial charge is 0.191 e. The molecule has 2 N–H and O–H groups in total. The van der Waals surface area contributed by atoms with Crippen LogP contribution < -0.4 is 5.73 Å². The number of nitrogens with two attached hydrogens (primary N) is 1. The van der Waals surface area contributed by atoms with Gasteiger partial charge in [-0.05, 0) is 31.5 Å². The summed E-state index contributed by atoms with van der Waals surface area (Å²) in [6.07, 6.45) is 0. The Labute approximate surface area is 137 Å². The summed E-state index contributed by atoms with van der Waals surface area (Å²) in [7, 11) is 0. The standard InChI is InChI=1S/C17H27FN4O/c1-3-21(4-2)17(19)20-13-16(22-9-11-23-12-10-22)14-5-7-15(18)8-6-14/h5-8,16H,3-4,9-13H2,1-2H3,(H2,19,20). The summed E-state index contributed by atoms with van der Waals surface area (Å²) in [6, 6.07) is 6.76. The summed E-state index contributed by atoms with van der Waals surface area (Å²) in [4.78, 5) is 8.94. The molecule has 1 unspecified atom stereocenters. The molecule has 1 heterocycles. The van der Waals surface area contributed by atoms with E-state index in [1.165, 1.54) is 12.1 Å². The number of rotatable bonds is 6. The van der Waals surface area contributed by atoms with Crippen molar-refractivity contribution < 1.29 is 9.13 Å². The Kier molecular flexibility index (Phi) is 6.80. The fraction of sp³-hybridized carbons (Fsp3) is 0.588. The van der Waals surface area contributed by atoms with Crippen LogP contribution >= 0.6 is 0 Å². The number of halogens is 1. The fourth-order valence-corrected chi connectivity index (χ4v) is 2.83. The van der Waals surface area contributed by atoms with E-state index in [1.807, 2.05) is 17.0 Å². The molecule has 0 amide bonds. The first-order chi connectivity index (χ1) is 11.2. The van der Waals surface area contributed by atoms with E-state index < -0.39 is 0 Å². The SMILES string of the molecule is CCN(CC)C(N)=NCC(c1ccc(F)cc1)N1CCOCC1. The number of guanidine groups is 1. The minimum atomic E-state index is -0.222. The molecule has 1 saturated heterocycles. The van der Waals surface area contributed by atoms with Gasteiger partial charge in [-0.1, -0.05) is 12.1 Å². The Bertz CT molecular complexity index is 496. The van der Waals surface area contributed by atoms with Crippen molar-refractivity contribution in [3.05, 3.63) is 35.6 Å². The Morgan fingerprint density at radius 3 is 2.43 bits per heavy atom. The van der Waals surface area contributed by atoms with Crippen molar-refractivity contribution in [3.63, 3.8) is 0 Å². The van der Waals surface area contributed by atoms with E-state index in [-0.39, 0.29) is 11.9 Å². The first-order valence-corrected chi connectivity index (χ1v) is 8.27. The van der Waals surface area contributed by atoms with Gasteiger partial charge in [0.2, 0.25) is 0 Å². The van der Waals surface area contributed by atoms with Crippen LogP contribution in [0.15, 0.2) is 29.3 Å². The summed E-state index contributed by atoms with van der Waals surface area (Å²) in [6.45, 7) is 9.49. The van der Waals surface area contributed by atoms with E-state index in [0.717, 1.165) is 31.7 Å². The van der Waals surface area contributed by atoms with Crippen LogP contribution in [0.3, 0.4) is 0 Å². The number of morpholine rings is 1. The molecule has 0 saturated carbocycles. The van der Waals surface area contributed by atoms with Crippen LogP contribution in [0.1, 0.15) is 25.5 Å². The van der Waals surface area contributed by atoms with Crippen LogP contribution in [0.4, 0.5) is 4.39 Å². The molecule has 0 aliphatic carbocycles. The second kappa shape index (κ2) is 8.84. The lowest BCUT2D eigenvalue weighted by molar-refractivity contribution is 0.0179. The monoisotopic (exact) mass is 322 g/mol. The maximum absolute atomic E-state index is 13.2. The zero-order chi connectivity index (χ0) is 16.7. The number of nitrogens with zero attached hydrogens (tertiary/aromatic N) is 3. The molecule has 1 atom stereocenters. The topological polar surface area (TPSA) is 54.1 Å². The number of hydrogen-bond donors (Lipinski definition) is 1. The summed E-state index contributed by atoms with van der Waals surface area (Å²) >= 11 is 0. The Morgan fingerprint density at radius 2 is 1.87 bits per heavy atom. The van der Waals surface area contributed by atoms with Gasteiger partial charge in [-0.15, -0.1) is 0 Å². The third-order valence-electron chi connectivity index (χ3n) is 4.25. The molecule has 23 heavy (non-hydrogen) atoms. The van der Waals surface area contributed by atoms with Gasteiger partial charge in [-0.3, -0.25) is 9.89 Å². The average molecular weight is 322 g/mol. The van der Waals surface area contributed by atoms with E-state index in [2.05, 4.69) is 23.7 Å². The van der Waals surface area contributed by atoms with Crippen LogP contribution in [0.25, 0.3) is 0 Å². The van der Waals surface area contributed by atoms with Gasteiger partial charge in [0.05, 0.1) is 25.8 Å². The lowest BCUT2D eigenvalue weighted by Crippen LogP contribution is -2.41. The highest BCUT2D eigenvalue weighted by Gasteiger charge is 2.22. The first-order valence-electron chi connectivity index (χ1n) is 8.27. The average Bonchev–Trinajstić information content (AvgIpc) is 2.58. The molecular weight excluding hydrogens is 295 g/mol. The van der Waals surface area contributed by atoms with Crippen LogP contribution in [-0.4, -0.2) is 61.7 Å². The quantitative estimate of drug-likeness (QED) is 0.641. The van der Waals surface area contributed by atoms with Crippen LogP contribution in [-0.2, 0) is 4.74 Å². The lowest BCUT2D eigenvalue weighted by Gasteiger charge is -2.34. The lowest BCUT2D eigenvalue weighted by atomic mass is 10.0. The van der Waals surface area contributed by atoms with Crippen molar-refractivity contribution in [2.24, 2.45) is 10.7 Å². The van der Waals surface area contributed by atoms with Gasteiger partial charge in [0.25, 0.3) is 0 Å². The van der Waals surface area contributed by atoms with Gasteiger partial charge in [0.15, 0.2) is 5.96 Å². The molecule has 1 fully saturated rings. The molecule has 0 aromatic heterocycles. The number of benzene rings is 1. The Morgan fingerprint density at radius 1 is 1.26 bits per heavy atom. The third kappa shape index (κ3) is 4.91. The maximum atomic E-state index is 13.2. The Hall–Kier alpha value is -1.66. The van der Waals surface area contributed by atoms with Gasteiger partial charge in [-0.25, -0.2) is 4.39 Å². The van der Waals surface area contributed by atoms with Crippen LogP contribution in [0, 0.1) is 5.82 Å². The van der Waals surface area contributed by atoms with Gasteiger partial charge in [-0.2, -0.15) is 0 Å². The molecule has 1 aromatic rings. The molecule has 1 aromatic carbocycles. The molecule has 128 valence electrons. The van der Waals surface area contributed by atoms with Crippen molar-refractivity contribution in [1.82, 2.24) is 9.80 Å².